The van der Waals surface area contributed by atoms with Crippen molar-refractivity contribution < 1.29 is 50.4 Å². The molecule has 9 atom stereocenters. The first kappa shape index (κ1) is 37.5. The molecule has 0 radical (unpaired) electrons. The molecule has 2 bridgehead atoms. The Kier molecular flexibility index (Phi) is 9.27. The van der Waals surface area contributed by atoms with Crippen LogP contribution in [0.4, 0.5) is 16.2 Å². The Morgan fingerprint density at radius 2 is 1.81 bits per heavy atom. The van der Waals surface area contributed by atoms with Gasteiger partial charge in [0.2, 0.25) is 11.7 Å². The van der Waals surface area contributed by atoms with Gasteiger partial charge >= 0.3 is 14.6 Å². The molecule has 3 aliphatic heterocycles. The Morgan fingerprint density at radius 1 is 1.10 bits per heavy atom. The minimum atomic E-state index is -5.12. The third-order valence-corrected chi connectivity index (χ3v) is 16.7. The van der Waals surface area contributed by atoms with E-state index in [-0.39, 0.29) is 34.1 Å². The highest BCUT2D eigenvalue weighted by atomic mass is 32.7. The number of ether oxygens (including phenoxy) is 2. The number of phosphoric ester groups is 1. The second-order valence-corrected chi connectivity index (χ2v) is 23.0. The quantitative estimate of drug-likeness (QED) is 0.112. The third-order valence-electron chi connectivity index (χ3n) is 9.61. The number of nitrogens with zero attached hydrogens (tertiary/aromatic N) is 7. The fraction of sp³-hybridized carbons (Fsp3) is 0.615. The minimum Gasteiger partial charge on any atom is -0.406 e. The summed E-state index contributed by atoms with van der Waals surface area (Å²) in [7, 11) is -7.95. The second kappa shape index (κ2) is 12.9. The van der Waals surface area contributed by atoms with Gasteiger partial charge in [-0.05, 0) is 18.1 Å². The van der Waals surface area contributed by atoms with Gasteiger partial charge in [0.05, 0.1) is 32.5 Å². The lowest BCUT2D eigenvalue weighted by Gasteiger charge is -2.44. The van der Waals surface area contributed by atoms with Crippen LogP contribution in [0.1, 0.15) is 27.0 Å². The van der Waals surface area contributed by atoms with Gasteiger partial charge < -0.3 is 30.3 Å². The van der Waals surface area contributed by atoms with E-state index in [1.807, 2.05) is 33.9 Å². The van der Waals surface area contributed by atoms with E-state index in [2.05, 4.69) is 42.2 Å². The molecule has 3 aliphatic rings. The molecule has 21 nitrogen and oxygen atoms in total. The molecular formula is C26H37FN10O11P2SSi. The van der Waals surface area contributed by atoms with Crippen molar-refractivity contribution in [3.8, 4) is 0 Å². The van der Waals surface area contributed by atoms with Crippen LogP contribution in [-0.2, 0) is 46.8 Å². The number of alkyl halides is 1. The Morgan fingerprint density at radius 3 is 2.54 bits per heavy atom. The molecular weight excluding hydrogens is 769 g/mol. The summed E-state index contributed by atoms with van der Waals surface area (Å²) in [6.07, 6.45) is -5.98. The van der Waals surface area contributed by atoms with Gasteiger partial charge in [0.25, 0.3) is 5.56 Å². The molecule has 4 aromatic heterocycles. The van der Waals surface area contributed by atoms with E-state index in [0.29, 0.717) is 0 Å². The van der Waals surface area contributed by atoms with Crippen LogP contribution in [0.25, 0.3) is 22.3 Å². The summed E-state index contributed by atoms with van der Waals surface area (Å²) in [5.41, 5.74) is 9.11. The van der Waals surface area contributed by atoms with Crippen LogP contribution in [0.3, 0.4) is 0 Å². The lowest BCUT2D eigenvalue weighted by molar-refractivity contribution is -0.0900. The number of nitrogens with one attached hydrogen (secondary N) is 1. The Bertz CT molecular complexity index is 2190. The topological polar surface area (TPSA) is 278 Å². The fourth-order valence-electron chi connectivity index (χ4n) is 6.00. The molecule has 26 heteroatoms. The molecule has 3 saturated heterocycles. The number of anilines is 2. The average molecular weight is 807 g/mol. The maximum atomic E-state index is 16.3. The number of aromatic amines is 1. The van der Waals surface area contributed by atoms with Gasteiger partial charge in [0.15, 0.2) is 43.3 Å². The number of hydrogen-bond acceptors (Lipinski definition) is 17. The Hall–Kier alpha value is -2.86. The summed E-state index contributed by atoms with van der Waals surface area (Å²) >= 11 is 4.29. The van der Waals surface area contributed by atoms with Crippen molar-refractivity contribution in [2.75, 3.05) is 31.3 Å². The molecule has 4 aromatic rings. The van der Waals surface area contributed by atoms with Crippen LogP contribution >= 0.6 is 26.9 Å². The maximum Gasteiger partial charge on any atom is 0.472 e. The molecule has 284 valence electrons. The number of aromatic nitrogens is 8. The predicted molar refractivity (Wildman–Crippen MR) is 185 cm³/mol. The highest BCUT2D eigenvalue weighted by Gasteiger charge is 2.61. The van der Waals surface area contributed by atoms with Gasteiger partial charge in [-0.2, -0.15) is 4.98 Å². The molecule has 52 heavy (non-hydrogen) atoms. The number of fused-ring (bicyclic) bond motifs is 5. The number of thiol groups is 1. The monoisotopic (exact) mass is 806 g/mol. The van der Waals surface area contributed by atoms with E-state index in [1.165, 1.54) is 21.8 Å². The number of imidazole rings is 2. The lowest BCUT2D eigenvalue weighted by Crippen LogP contribution is -2.56. The van der Waals surface area contributed by atoms with E-state index in [4.69, 9.17) is 43.5 Å². The zero-order valence-corrected chi connectivity index (χ0v) is 32.0. The highest BCUT2D eigenvalue weighted by Crippen LogP contribution is 2.61. The molecule has 2 unspecified atom stereocenters. The van der Waals surface area contributed by atoms with Crippen molar-refractivity contribution in [1.82, 2.24) is 39.0 Å². The number of H-pyrrole nitrogens is 1. The summed E-state index contributed by atoms with van der Waals surface area (Å²) in [6, 6.07) is 0. The van der Waals surface area contributed by atoms with Crippen LogP contribution < -0.4 is 17.0 Å². The summed E-state index contributed by atoms with van der Waals surface area (Å²) < 4.78 is 88.4. The number of hydrogen-bond donors (Lipinski definition) is 5. The van der Waals surface area contributed by atoms with E-state index >= 15 is 4.39 Å². The molecule has 0 aliphatic carbocycles. The molecule has 7 heterocycles. The van der Waals surface area contributed by atoms with Gasteiger partial charge in [0.1, 0.15) is 36.3 Å². The standard InChI is InChI=1S/C26H37FN10O11P2SSi/c1-25(2,3)52(4,5)47-18-13-7-43-49(39,40)46-17-12(45-23(14(17)27)36-10-32-15-19(28)30-9-31-20(15)36)6-44-50(41,51)48-26(18,8-42-13)37-11-33-16-21(37)34-24(29)35-22(16)38/h9-14,17-18,23H,6-8H2,1-5H3,(H,39,40)(H,41,51)(H2,28,30,31)(H3,29,34,35,38)/t12-,13+,14+,17+,18+,23+,26-,50?/m0/s1. The zero-order chi connectivity index (χ0) is 37.6. The van der Waals surface area contributed by atoms with Crippen molar-refractivity contribution in [3.63, 3.8) is 0 Å². The maximum absolute atomic E-state index is 16.3. The first-order valence-electron chi connectivity index (χ1n) is 15.8. The number of phosphoric acid groups is 1. The Labute approximate surface area is 300 Å². The molecule has 3 fully saturated rings. The first-order chi connectivity index (χ1) is 24.2. The zero-order valence-electron chi connectivity index (χ0n) is 28.4. The van der Waals surface area contributed by atoms with Gasteiger partial charge in [0, 0.05) is 0 Å². The highest BCUT2D eigenvalue weighted by molar-refractivity contribution is 8.44. The summed E-state index contributed by atoms with van der Waals surface area (Å²) in [5, 5.41) is -0.414. The molecule has 0 spiro atoms. The number of nitrogen functional groups attached to an aromatic ring is 2. The van der Waals surface area contributed by atoms with Crippen molar-refractivity contribution in [2.45, 2.75) is 81.4 Å². The van der Waals surface area contributed by atoms with Crippen LogP contribution in [0.5, 0.6) is 0 Å². The summed E-state index contributed by atoms with van der Waals surface area (Å²) in [5.74, 6) is -0.236. The van der Waals surface area contributed by atoms with E-state index < -0.39 is 95.9 Å². The van der Waals surface area contributed by atoms with Crippen molar-refractivity contribution >= 4 is 69.3 Å². The van der Waals surface area contributed by atoms with Gasteiger partial charge in [-0.1, -0.05) is 33.0 Å². The lowest BCUT2D eigenvalue weighted by atomic mass is 10.1. The Balaban J connectivity index is 1.31. The molecule has 7 rings (SSSR count). The number of halogens is 1. The number of rotatable bonds is 4. The third kappa shape index (κ3) is 6.51. The van der Waals surface area contributed by atoms with Gasteiger partial charge in [-0.3, -0.25) is 37.0 Å². The predicted octanol–water partition coefficient (Wildman–Crippen LogP) is 2.39. The van der Waals surface area contributed by atoms with Crippen molar-refractivity contribution in [2.24, 2.45) is 0 Å². The van der Waals surface area contributed by atoms with Crippen molar-refractivity contribution in [3.05, 3.63) is 29.3 Å². The molecule has 0 aromatic carbocycles. The fourth-order valence-corrected chi connectivity index (χ4v) is 9.93. The summed E-state index contributed by atoms with van der Waals surface area (Å²) in [4.78, 5) is 46.7. The van der Waals surface area contributed by atoms with Crippen LogP contribution in [0.2, 0.25) is 18.1 Å². The largest absolute Gasteiger partial charge is 0.472 e. The van der Waals surface area contributed by atoms with Gasteiger partial charge in [-0.25, -0.2) is 33.5 Å². The normalized spacial score (nSPS) is 34.9. The van der Waals surface area contributed by atoms with E-state index in [1.54, 1.807) is 0 Å². The van der Waals surface area contributed by atoms with Gasteiger partial charge in [-0.15, -0.1) is 0 Å². The molecule has 6 N–H and O–H groups in total. The summed E-state index contributed by atoms with van der Waals surface area (Å²) in [6.45, 7) is 3.28. The van der Waals surface area contributed by atoms with E-state index in [9.17, 15) is 18.8 Å². The SMILES string of the molecule is CC(C)(C)[Si](C)(C)O[C@@H]1[C@H]2COP(=O)(O)O[C@H]3[C@@H](F)[C@H](n4cnc5c(N)ncnc54)O[C@H]3COP(=O)(S)O[C@@]1(n1cnc3c(=O)[nH]c(N)nc31)CO2. The smallest absolute Gasteiger partial charge is 0.406 e. The van der Waals surface area contributed by atoms with Crippen LogP contribution in [0.15, 0.2) is 23.8 Å². The minimum absolute atomic E-state index is 0.0236. The molecule has 0 amide bonds. The average Bonchev–Trinajstić information content (AvgIpc) is 3.80. The van der Waals surface area contributed by atoms with Crippen molar-refractivity contribution in [1.29, 1.82) is 0 Å². The van der Waals surface area contributed by atoms with Crippen LogP contribution in [0, 0.1) is 0 Å². The molecule has 0 saturated carbocycles. The van der Waals surface area contributed by atoms with Crippen LogP contribution in [-0.4, -0.2) is 103 Å². The first-order valence-corrected chi connectivity index (χ1v) is 22.9. The second-order valence-electron chi connectivity index (χ2n) is 14.0. The number of nitrogens with two attached hydrogens (primary N) is 2. The van der Waals surface area contributed by atoms with E-state index in [0.717, 1.165) is 6.33 Å².